The van der Waals surface area contributed by atoms with Crippen molar-refractivity contribution in [2.45, 2.75) is 0 Å². The Labute approximate surface area is 140 Å². The summed E-state index contributed by atoms with van der Waals surface area (Å²) in [6.07, 6.45) is 0. The van der Waals surface area contributed by atoms with Gasteiger partial charge < -0.3 is 14.8 Å². The van der Waals surface area contributed by atoms with Crippen LogP contribution in [-0.2, 0) is 0 Å². The minimum atomic E-state index is -0.545. The highest BCUT2D eigenvalue weighted by atomic mass is 79.9. The number of methoxy groups -OCH3 is 2. The summed E-state index contributed by atoms with van der Waals surface area (Å²) in [6.45, 7) is 0. The molecule has 7 nitrogen and oxygen atoms in total. The summed E-state index contributed by atoms with van der Waals surface area (Å²) in [7, 11) is 3.01. The van der Waals surface area contributed by atoms with Crippen molar-refractivity contribution in [3.63, 3.8) is 0 Å². The van der Waals surface area contributed by atoms with Gasteiger partial charge in [0.15, 0.2) is 0 Å². The van der Waals surface area contributed by atoms with Crippen LogP contribution in [0.5, 0.6) is 11.5 Å². The fourth-order valence-corrected chi connectivity index (χ4v) is 2.51. The van der Waals surface area contributed by atoms with Crippen LogP contribution in [-0.4, -0.2) is 19.1 Å². The number of hydrogen-bond donors (Lipinski definition) is 1. The predicted octanol–water partition coefficient (Wildman–Crippen LogP) is 3.99. The SMILES string of the molecule is COc1cc(Nc2ccc(C#N)cc2[N+](=O)[O-])cc(OC)c1Br. The van der Waals surface area contributed by atoms with Gasteiger partial charge in [0, 0.05) is 23.9 Å². The average molecular weight is 378 g/mol. The number of hydrogen-bond acceptors (Lipinski definition) is 6. The summed E-state index contributed by atoms with van der Waals surface area (Å²) in [5, 5.41) is 23.0. The minimum absolute atomic E-state index is 0.190. The van der Waals surface area contributed by atoms with Gasteiger partial charge >= 0.3 is 0 Å². The molecule has 0 radical (unpaired) electrons. The fraction of sp³-hybridized carbons (Fsp3) is 0.133. The Morgan fingerprint density at radius 1 is 1.22 bits per heavy atom. The fourth-order valence-electron chi connectivity index (χ4n) is 1.95. The van der Waals surface area contributed by atoms with E-state index in [1.165, 1.54) is 32.4 Å². The maximum atomic E-state index is 11.2. The zero-order valence-corrected chi connectivity index (χ0v) is 13.9. The highest BCUT2D eigenvalue weighted by Gasteiger charge is 2.16. The van der Waals surface area contributed by atoms with Crippen molar-refractivity contribution in [1.29, 1.82) is 5.26 Å². The zero-order valence-electron chi connectivity index (χ0n) is 12.3. The number of benzene rings is 2. The van der Waals surface area contributed by atoms with Crippen LogP contribution < -0.4 is 14.8 Å². The van der Waals surface area contributed by atoms with E-state index in [-0.39, 0.29) is 16.9 Å². The molecule has 118 valence electrons. The summed E-state index contributed by atoms with van der Waals surface area (Å²) in [4.78, 5) is 10.6. The van der Waals surface area contributed by atoms with E-state index in [9.17, 15) is 10.1 Å². The van der Waals surface area contributed by atoms with Gasteiger partial charge in [0.2, 0.25) is 0 Å². The van der Waals surface area contributed by atoms with Crippen molar-refractivity contribution in [2.24, 2.45) is 0 Å². The first-order chi connectivity index (χ1) is 11.0. The van der Waals surface area contributed by atoms with Crippen LogP contribution in [0.3, 0.4) is 0 Å². The van der Waals surface area contributed by atoms with E-state index < -0.39 is 4.92 Å². The molecule has 0 bridgehead atoms. The van der Waals surface area contributed by atoms with E-state index >= 15 is 0 Å². The maximum Gasteiger partial charge on any atom is 0.293 e. The molecular weight excluding hydrogens is 366 g/mol. The van der Waals surface area contributed by atoms with E-state index in [0.29, 0.717) is 21.7 Å². The number of nitro groups is 1. The molecule has 0 aliphatic heterocycles. The van der Waals surface area contributed by atoms with Crippen LogP contribution in [0, 0.1) is 21.4 Å². The van der Waals surface area contributed by atoms with Gasteiger partial charge in [-0.2, -0.15) is 5.26 Å². The second-order valence-corrected chi connectivity index (χ2v) is 5.21. The van der Waals surface area contributed by atoms with Crippen LogP contribution in [0.25, 0.3) is 0 Å². The van der Waals surface area contributed by atoms with E-state index in [1.807, 2.05) is 6.07 Å². The smallest absolute Gasteiger partial charge is 0.293 e. The molecule has 2 aromatic carbocycles. The molecule has 0 heterocycles. The van der Waals surface area contributed by atoms with Crippen molar-refractivity contribution >= 4 is 33.0 Å². The Kier molecular flexibility index (Phi) is 5.03. The number of nitrogens with zero attached hydrogens (tertiary/aromatic N) is 2. The third-order valence-electron chi connectivity index (χ3n) is 3.05. The molecule has 2 rings (SSSR count). The monoisotopic (exact) mass is 377 g/mol. The first-order valence-electron chi connectivity index (χ1n) is 6.37. The number of ether oxygens (including phenoxy) is 2. The van der Waals surface area contributed by atoms with Gasteiger partial charge in [0.05, 0.1) is 30.8 Å². The quantitative estimate of drug-likeness (QED) is 0.624. The third-order valence-corrected chi connectivity index (χ3v) is 3.83. The first-order valence-corrected chi connectivity index (χ1v) is 7.16. The Morgan fingerprint density at radius 3 is 2.30 bits per heavy atom. The first kappa shape index (κ1) is 16.6. The summed E-state index contributed by atoms with van der Waals surface area (Å²) < 4.78 is 11.1. The number of rotatable bonds is 5. The van der Waals surface area contributed by atoms with Gasteiger partial charge in [0.25, 0.3) is 5.69 Å². The number of anilines is 2. The van der Waals surface area contributed by atoms with Crippen LogP contribution in [0.4, 0.5) is 17.1 Å². The molecular formula is C15H12BrN3O4. The second-order valence-electron chi connectivity index (χ2n) is 4.42. The molecule has 23 heavy (non-hydrogen) atoms. The summed E-state index contributed by atoms with van der Waals surface area (Å²) in [5.41, 5.74) is 0.841. The molecule has 0 saturated heterocycles. The molecule has 0 saturated carbocycles. The molecule has 0 spiro atoms. The molecule has 0 aromatic heterocycles. The lowest BCUT2D eigenvalue weighted by atomic mass is 10.1. The summed E-state index contributed by atoms with van der Waals surface area (Å²) in [6, 6.07) is 9.43. The molecule has 0 atom stereocenters. The molecule has 0 unspecified atom stereocenters. The lowest BCUT2D eigenvalue weighted by Crippen LogP contribution is -1.99. The lowest BCUT2D eigenvalue weighted by Gasteiger charge is -2.13. The zero-order chi connectivity index (χ0) is 17.0. The Morgan fingerprint density at radius 2 is 1.83 bits per heavy atom. The Bertz CT molecular complexity index is 777. The van der Waals surface area contributed by atoms with Gasteiger partial charge in [-0.3, -0.25) is 10.1 Å². The van der Waals surface area contributed by atoms with Crippen molar-refractivity contribution in [1.82, 2.24) is 0 Å². The molecule has 0 aliphatic carbocycles. The standard InChI is InChI=1S/C15H12BrN3O4/c1-22-13-6-10(7-14(23-2)15(13)16)18-11-4-3-9(8-17)5-12(11)19(20)21/h3-7,18H,1-2H3. The summed E-state index contributed by atoms with van der Waals surface area (Å²) in [5.74, 6) is 1.03. The van der Waals surface area contributed by atoms with Gasteiger partial charge in [-0.25, -0.2) is 0 Å². The molecule has 1 N–H and O–H groups in total. The van der Waals surface area contributed by atoms with Gasteiger partial charge in [-0.15, -0.1) is 0 Å². The Hall–Kier alpha value is -2.79. The second kappa shape index (κ2) is 6.98. The highest BCUT2D eigenvalue weighted by Crippen LogP contribution is 2.39. The van der Waals surface area contributed by atoms with Crippen LogP contribution in [0.2, 0.25) is 0 Å². The molecule has 0 aliphatic rings. The minimum Gasteiger partial charge on any atom is -0.495 e. The van der Waals surface area contributed by atoms with E-state index in [4.69, 9.17) is 14.7 Å². The van der Waals surface area contributed by atoms with E-state index in [2.05, 4.69) is 21.2 Å². The van der Waals surface area contributed by atoms with Crippen molar-refractivity contribution in [3.8, 4) is 17.6 Å². The third kappa shape index (κ3) is 3.52. The van der Waals surface area contributed by atoms with Crippen LogP contribution in [0.15, 0.2) is 34.8 Å². The van der Waals surface area contributed by atoms with Crippen molar-refractivity contribution in [2.75, 3.05) is 19.5 Å². The number of nitro benzene ring substituents is 1. The topological polar surface area (TPSA) is 97.4 Å². The number of nitrogens with one attached hydrogen (secondary N) is 1. The van der Waals surface area contributed by atoms with E-state index in [0.717, 1.165) is 0 Å². The van der Waals surface area contributed by atoms with Crippen LogP contribution in [0.1, 0.15) is 5.56 Å². The molecule has 0 fully saturated rings. The van der Waals surface area contributed by atoms with Gasteiger partial charge in [-0.05, 0) is 28.1 Å². The van der Waals surface area contributed by atoms with E-state index in [1.54, 1.807) is 12.1 Å². The molecule has 2 aromatic rings. The van der Waals surface area contributed by atoms with Crippen molar-refractivity contribution in [3.05, 3.63) is 50.5 Å². The average Bonchev–Trinajstić information content (AvgIpc) is 2.56. The largest absolute Gasteiger partial charge is 0.495 e. The van der Waals surface area contributed by atoms with Gasteiger partial charge in [0.1, 0.15) is 21.7 Å². The number of nitriles is 1. The highest BCUT2D eigenvalue weighted by molar-refractivity contribution is 9.10. The Balaban J connectivity index is 2.47. The maximum absolute atomic E-state index is 11.2. The molecule has 8 heteroatoms. The van der Waals surface area contributed by atoms with Crippen molar-refractivity contribution < 1.29 is 14.4 Å². The normalized spacial score (nSPS) is 9.83. The summed E-state index contributed by atoms with van der Waals surface area (Å²) >= 11 is 3.36. The number of halogens is 1. The predicted molar refractivity (Wildman–Crippen MR) is 88.3 cm³/mol. The van der Waals surface area contributed by atoms with Crippen LogP contribution >= 0.6 is 15.9 Å². The van der Waals surface area contributed by atoms with Gasteiger partial charge in [-0.1, -0.05) is 0 Å². The lowest BCUT2D eigenvalue weighted by molar-refractivity contribution is -0.383. The molecule has 0 amide bonds.